The second-order valence-electron chi connectivity index (χ2n) is 5.02. The number of piperidine rings is 1. The van der Waals surface area contributed by atoms with E-state index in [0.29, 0.717) is 35.5 Å². The fraction of sp³-hybridized carbons (Fsp3) is 0.571. The first-order valence-electron chi connectivity index (χ1n) is 6.78. The van der Waals surface area contributed by atoms with E-state index in [1.54, 1.807) is 35.7 Å². The Hall–Kier alpha value is -0.780. The minimum absolute atomic E-state index is 0.324. The number of nitrogens with zero attached hydrogens (tertiary/aromatic N) is 1. The standard InChI is InChI=1S/C14H20ClNO3S/c1-19-13-4-6-14(7-5-13)20(17,18)16-10-2-3-12(11-16)8-9-15/h4-7,12H,2-3,8-11H2,1H3. The lowest BCUT2D eigenvalue weighted by atomic mass is 9.97. The second kappa shape index (κ2) is 6.78. The Morgan fingerprint density at radius 3 is 2.65 bits per heavy atom. The number of benzene rings is 1. The molecule has 2 rings (SSSR count). The smallest absolute Gasteiger partial charge is 0.243 e. The molecule has 1 aromatic carbocycles. The average Bonchev–Trinajstić information content (AvgIpc) is 2.48. The van der Waals surface area contributed by atoms with Crippen LogP contribution in [0, 0.1) is 5.92 Å². The van der Waals surface area contributed by atoms with E-state index in [9.17, 15) is 8.42 Å². The minimum Gasteiger partial charge on any atom is -0.497 e. The molecule has 1 fully saturated rings. The molecule has 4 nitrogen and oxygen atoms in total. The fourth-order valence-corrected chi connectivity index (χ4v) is 4.40. The number of ether oxygens (including phenoxy) is 1. The zero-order chi connectivity index (χ0) is 14.6. The Morgan fingerprint density at radius 2 is 2.05 bits per heavy atom. The van der Waals surface area contributed by atoms with Gasteiger partial charge in [-0.15, -0.1) is 11.6 Å². The molecule has 1 aromatic rings. The largest absolute Gasteiger partial charge is 0.497 e. The van der Waals surface area contributed by atoms with Crippen molar-refractivity contribution in [3.8, 4) is 5.75 Å². The monoisotopic (exact) mass is 317 g/mol. The van der Waals surface area contributed by atoms with E-state index in [1.165, 1.54) is 0 Å². The van der Waals surface area contributed by atoms with Crippen LogP contribution < -0.4 is 4.74 Å². The van der Waals surface area contributed by atoms with Gasteiger partial charge in [-0.05, 0) is 49.4 Å². The van der Waals surface area contributed by atoms with Crippen LogP contribution in [-0.4, -0.2) is 38.8 Å². The summed E-state index contributed by atoms with van der Waals surface area (Å²) < 4.78 is 31.8. The van der Waals surface area contributed by atoms with E-state index in [0.717, 1.165) is 19.3 Å². The van der Waals surface area contributed by atoms with Crippen LogP contribution in [-0.2, 0) is 10.0 Å². The highest BCUT2D eigenvalue weighted by Crippen LogP contribution is 2.26. The zero-order valence-electron chi connectivity index (χ0n) is 11.6. The lowest BCUT2D eigenvalue weighted by Gasteiger charge is -2.31. The molecule has 0 aromatic heterocycles. The zero-order valence-corrected chi connectivity index (χ0v) is 13.2. The molecule has 20 heavy (non-hydrogen) atoms. The summed E-state index contributed by atoms with van der Waals surface area (Å²) in [4.78, 5) is 0.324. The summed E-state index contributed by atoms with van der Waals surface area (Å²) in [7, 11) is -1.84. The molecule has 6 heteroatoms. The summed E-state index contributed by atoms with van der Waals surface area (Å²) in [6, 6.07) is 6.54. The van der Waals surface area contributed by atoms with Crippen molar-refractivity contribution in [2.24, 2.45) is 5.92 Å². The van der Waals surface area contributed by atoms with E-state index in [2.05, 4.69) is 0 Å². The molecule has 1 atom stereocenters. The Balaban J connectivity index is 2.16. The van der Waals surface area contributed by atoms with E-state index in [4.69, 9.17) is 16.3 Å². The van der Waals surface area contributed by atoms with Crippen LogP contribution in [0.25, 0.3) is 0 Å². The molecule has 0 saturated carbocycles. The van der Waals surface area contributed by atoms with Crippen LogP contribution in [0.15, 0.2) is 29.2 Å². The molecule has 1 aliphatic rings. The molecule has 1 unspecified atom stereocenters. The molecule has 0 radical (unpaired) electrons. The third kappa shape index (κ3) is 3.45. The third-order valence-electron chi connectivity index (χ3n) is 3.70. The van der Waals surface area contributed by atoms with Crippen molar-refractivity contribution in [2.45, 2.75) is 24.2 Å². The van der Waals surface area contributed by atoms with Gasteiger partial charge in [0.2, 0.25) is 10.0 Å². The summed E-state index contributed by atoms with van der Waals surface area (Å²) in [6.45, 7) is 1.16. The van der Waals surface area contributed by atoms with Crippen LogP contribution in [0.2, 0.25) is 0 Å². The highest BCUT2D eigenvalue weighted by atomic mass is 35.5. The maximum absolute atomic E-state index is 12.6. The van der Waals surface area contributed by atoms with Crippen LogP contribution >= 0.6 is 11.6 Å². The third-order valence-corrected chi connectivity index (χ3v) is 5.79. The van der Waals surface area contributed by atoms with Gasteiger partial charge in [0.25, 0.3) is 0 Å². The summed E-state index contributed by atoms with van der Waals surface area (Å²) in [5.41, 5.74) is 0. The Morgan fingerprint density at radius 1 is 1.35 bits per heavy atom. The van der Waals surface area contributed by atoms with Crippen molar-refractivity contribution in [2.75, 3.05) is 26.1 Å². The van der Waals surface area contributed by atoms with Gasteiger partial charge in [0.05, 0.1) is 12.0 Å². The SMILES string of the molecule is COc1ccc(S(=O)(=O)N2CCCC(CCCl)C2)cc1. The first kappa shape index (κ1) is 15.6. The van der Waals surface area contributed by atoms with Crippen molar-refractivity contribution in [1.29, 1.82) is 0 Å². The quantitative estimate of drug-likeness (QED) is 0.784. The van der Waals surface area contributed by atoms with Crippen molar-refractivity contribution in [3.63, 3.8) is 0 Å². The summed E-state index contributed by atoms with van der Waals surface area (Å²) >= 11 is 5.77. The number of halogens is 1. The first-order valence-corrected chi connectivity index (χ1v) is 8.75. The Bertz CT molecular complexity index is 528. The summed E-state index contributed by atoms with van der Waals surface area (Å²) in [5, 5.41) is 0. The molecule has 0 amide bonds. The van der Waals surface area contributed by atoms with Crippen LogP contribution in [0.1, 0.15) is 19.3 Å². The van der Waals surface area contributed by atoms with E-state index >= 15 is 0 Å². The summed E-state index contributed by atoms with van der Waals surface area (Å²) in [6.07, 6.45) is 2.83. The molecular formula is C14H20ClNO3S. The van der Waals surface area contributed by atoms with E-state index in [-0.39, 0.29) is 0 Å². The molecular weight excluding hydrogens is 298 g/mol. The molecule has 0 aliphatic carbocycles. The molecule has 0 bridgehead atoms. The van der Waals surface area contributed by atoms with Gasteiger partial charge in [-0.1, -0.05) is 0 Å². The van der Waals surface area contributed by atoms with Crippen LogP contribution in [0.3, 0.4) is 0 Å². The number of rotatable bonds is 5. The molecule has 1 saturated heterocycles. The van der Waals surface area contributed by atoms with Gasteiger partial charge >= 0.3 is 0 Å². The topological polar surface area (TPSA) is 46.6 Å². The van der Waals surface area contributed by atoms with Crippen LogP contribution in [0.4, 0.5) is 0 Å². The van der Waals surface area contributed by atoms with Gasteiger partial charge in [-0.3, -0.25) is 0 Å². The molecule has 112 valence electrons. The van der Waals surface area contributed by atoms with Gasteiger partial charge in [0.1, 0.15) is 5.75 Å². The van der Waals surface area contributed by atoms with Crippen molar-refractivity contribution in [3.05, 3.63) is 24.3 Å². The molecule has 1 heterocycles. The van der Waals surface area contributed by atoms with Gasteiger partial charge in [0.15, 0.2) is 0 Å². The van der Waals surface area contributed by atoms with Gasteiger partial charge in [-0.25, -0.2) is 8.42 Å². The predicted octanol–water partition coefficient (Wildman–Crippen LogP) is 2.72. The first-order chi connectivity index (χ1) is 9.57. The maximum atomic E-state index is 12.6. The highest BCUT2D eigenvalue weighted by Gasteiger charge is 2.29. The van der Waals surface area contributed by atoms with Crippen molar-refractivity contribution in [1.82, 2.24) is 4.31 Å². The van der Waals surface area contributed by atoms with E-state index in [1.807, 2.05) is 0 Å². The average molecular weight is 318 g/mol. The number of hydrogen-bond acceptors (Lipinski definition) is 3. The molecule has 0 spiro atoms. The predicted molar refractivity (Wildman–Crippen MR) is 79.8 cm³/mol. The lowest BCUT2D eigenvalue weighted by molar-refractivity contribution is 0.262. The fourth-order valence-electron chi connectivity index (χ4n) is 2.53. The second-order valence-corrected chi connectivity index (χ2v) is 7.34. The van der Waals surface area contributed by atoms with Crippen molar-refractivity contribution < 1.29 is 13.2 Å². The van der Waals surface area contributed by atoms with Crippen LogP contribution in [0.5, 0.6) is 5.75 Å². The molecule has 0 N–H and O–H groups in total. The maximum Gasteiger partial charge on any atom is 0.243 e. The highest BCUT2D eigenvalue weighted by molar-refractivity contribution is 7.89. The number of hydrogen-bond donors (Lipinski definition) is 0. The Kier molecular flexibility index (Phi) is 5.29. The number of sulfonamides is 1. The van der Waals surface area contributed by atoms with Gasteiger partial charge < -0.3 is 4.74 Å². The Labute approximate surface area is 125 Å². The number of alkyl halides is 1. The minimum atomic E-state index is -3.40. The van der Waals surface area contributed by atoms with Gasteiger partial charge in [0, 0.05) is 19.0 Å². The summed E-state index contributed by atoms with van der Waals surface area (Å²) in [5.74, 6) is 1.61. The van der Waals surface area contributed by atoms with E-state index < -0.39 is 10.0 Å². The lowest BCUT2D eigenvalue weighted by Crippen LogP contribution is -2.39. The molecule has 1 aliphatic heterocycles. The normalized spacial score (nSPS) is 20.8. The van der Waals surface area contributed by atoms with Gasteiger partial charge in [-0.2, -0.15) is 4.31 Å². The van der Waals surface area contributed by atoms with Crippen molar-refractivity contribution >= 4 is 21.6 Å². The number of methoxy groups -OCH3 is 1.